The van der Waals surface area contributed by atoms with Gasteiger partial charge in [0.2, 0.25) is 0 Å². The highest BCUT2D eigenvalue weighted by molar-refractivity contribution is 7.10. The predicted octanol–water partition coefficient (Wildman–Crippen LogP) is 3.47. The minimum Gasteiger partial charge on any atom is -0.323 e. The van der Waals surface area contributed by atoms with Crippen molar-refractivity contribution in [2.45, 2.75) is 25.8 Å². The van der Waals surface area contributed by atoms with Gasteiger partial charge in [0.25, 0.3) is 0 Å². The van der Waals surface area contributed by atoms with Crippen LogP contribution in [0, 0.1) is 0 Å². The van der Waals surface area contributed by atoms with Crippen molar-refractivity contribution in [3.05, 3.63) is 51.3 Å². The van der Waals surface area contributed by atoms with Crippen LogP contribution in [0.1, 0.15) is 28.5 Å². The fourth-order valence-electron chi connectivity index (χ4n) is 2.17. The van der Waals surface area contributed by atoms with Gasteiger partial charge in [-0.15, -0.1) is 16.4 Å². The molecule has 4 nitrogen and oxygen atoms in total. The van der Waals surface area contributed by atoms with Crippen LogP contribution in [-0.4, -0.2) is 14.6 Å². The molecule has 0 radical (unpaired) electrons. The Labute approximate surface area is 131 Å². The van der Waals surface area contributed by atoms with Crippen LogP contribution in [-0.2, 0) is 12.8 Å². The Morgan fingerprint density at radius 1 is 1.24 bits per heavy atom. The largest absolute Gasteiger partial charge is 0.323 e. The van der Waals surface area contributed by atoms with E-state index in [4.69, 9.17) is 5.73 Å². The van der Waals surface area contributed by atoms with E-state index in [-0.39, 0.29) is 6.04 Å². The zero-order valence-electron chi connectivity index (χ0n) is 11.7. The van der Waals surface area contributed by atoms with Gasteiger partial charge in [0.15, 0.2) is 0 Å². The highest BCUT2D eigenvalue weighted by atomic mass is 32.1. The van der Waals surface area contributed by atoms with Crippen LogP contribution >= 0.6 is 22.9 Å². The van der Waals surface area contributed by atoms with Crippen LogP contribution in [0.3, 0.4) is 0 Å². The smallest absolute Gasteiger partial charge is 0.0951 e. The van der Waals surface area contributed by atoms with Gasteiger partial charge >= 0.3 is 0 Å². The Morgan fingerprint density at radius 2 is 2.05 bits per heavy atom. The molecule has 0 spiro atoms. The van der Waals surface area contributed by atoms with Crippen molar-refractivity contribution in [1.82, 2.24) is 14.6 Å². The van der Waals surface area contributed by atoms with Gasteiger partial charge < -0.3 is 5.73 Å². The van der Waals surface area contributed by atoms with Crippen molar-refractivity contribution in [2.24, 2.45) is 5.73 Å². The van der Waals surface area contributed by atoms with E-state index < -0.39 is 0 Å². The maximum atomic E-state index is 6.29. The second kappa shape index (κ2) is 6.43. The van der Waals surface area contributed by atoms with Gasteiger partial charge in [0.05, 0.1) is 21.3 Å². The summed E-state index contributed by atoms with van der Waals surface area (Å²) in [7, 11) is 0. The molecular formula is C15H16N4S2. The normalized spacial score (nSPS) is 12.5. The van der Waals surface area contributed by atoms with Crippen LogP contribution in [0.15, 0.2) is 35.7 Å². The van der Waals surface area contributed by atoms with Crippen LogP contribution < -0.4 is 5.73 Å². The number of aryl methyl sites for hydroxylation is 1. The number of nitrogens with zero attached hydrogens (tertiary/aromatic N) is 3. The first-order valence-corrected chi connectivity index (χ1v) is 8.49. The summed E-state index contributed by atoms with van der Waals surface area (Å²) in [6.45, 7) is 2.07. The molecule has 2 heterocycles. The van der Waals surface area contributed by atoms with Crippen LogP contribution in [0.5, 0.6) is 0 Å². The Hall–Kier alpha value is -1.63. The molecular weight excluding hydrogens is 300 g/mol. The van der Waals surface area contributed by atoms with Gasteiger partial charge in [0.1, 0.15) is 0 Å². The first kappa shape index (κ1) is 14.3. The van der Waals surface area contributed by atoms with Crippen LogP contribution in [0.25, 0.3) is 11.3 Å². The molecule has 0 saturated heterocycles. The number of nitrogens with two attached hydrogens (primary N) is 1. The molecule has 3 rings (SSSR count). The number of benzene rings is 1. The maximum absolute atomic E-state index is 6.29. The molecule has 108 valence electrons. The molecule has 0 aliphatic heterocycles. The van der Waals surface area contributed by atoms with Crippen molar-refractivity contribution in [3.8, 4) is 11.3 Å². The lowest BCUT2D eigenvalue weighted by Gasteiger charge is -2.07. The average Bonchev–Trinajstić information content (AvgIpc) is 3.16. The highest BCUT2D eigenvalue weighted by Crippen LogP contribution is 2.26. The summed E-state index contributed by atoms with van der Waals surface area (Å²) < 4.78 is 4.00. The minimum absolute atomic E-state index is 0.0743. The SMILES string of the molecule is CCc1nnsc1C(N)Cc1nc(-c2ccccc2)cs1. The molecule has 0 aliphatic carbocycles. The predicted molar refractivity (Wildman–Crippen MR) is 87.5 cm³/mol. The first-order chi connectivity index (χ1) is 10.3. The van der Waals surface area contributed by atoms with E-state index in [0.717, 1.165) is 39.7 Å². The molecule has 1 aromatic carbocycles. The topological polar surface area (TPSA) is 64.7 Å². The molecule has 1 atom stereocenters. The summed E-state index contributed by atoms with van der Waals surface area (Å²) >= 11 is 3.05. The number of hydrogen-bond donors (Lipinski definition) is 1. The number of rotatable bonds is 5. The van der Waals surface area contributed by atoms with E-state index in [0.29, 0.717) is 0 Å². The lowest BCUT2D eigenvalue weighted by atomic mass is 10.1. The Kier molecular flexibility index (Phi) is 4.38. The van der Waals surface area contributed by atoms with E-state index in [1.54, 1.807) is 11.3 Å². The van der Waals surface area contributed by atoms with Crippen LogP contribution in [0.4, 0.5) is 0 Å². The molecule has 2 N–H and O–H groups in total. The number of aromatic nitrogens is 3. The third kappa shape index (κ3) is 3.18. The van der Waals surface area contributed by atoms with E-state index >= 15 is 0 Å². The van der Waals surface area contributed by atoms with Crippen molar-refractivity contribution in [3.63, 3.8) is 0 Å². The Balaban J connectivity index is 1.76. The summed E-state index contributed by atoms with van der Waals surface area (Å²) in [4.78, 5) is 5.77. The number of thiazole rings is 1. The van der Waals surface area contributed by atoms with E-state index in [1.165, 1.54) is 11.5 Å². The zero-order chi connectivity index (χ0) is 14.7. The Bertz CT molecular complexity index is 705. The second-order valence-corrected chi connectivity index (χ2v) is 6.47. The third-order valence-electron chi connectivity index (χ3n) is 3.27. The third-order valence-corrected chi connectivity index (χ3v) is 5.04. The molecule has 0 fully saturated rings. The van der Waals surface area contributed by atoms with Crippen molar-refractivity contribution >= 4 is 22.9 Å². The van der Waals surface area contributed by atoms with Gasteiger partial charge in [-0.25, -0.2) is 4.98 Å². The lowest BCUT2D eigenvalue weighted by molar-refractivity contribution is 0.718. The van der Waals surface area contributed by atoms with Gasteiger partial charge in [-0.1, -0.05) is 41.7 Å². The lowest BCUT2D eigenvalue weighted by Crippen LogP contribution is -2.13. The fourth-order valence-corrected chi connectivity index (χ4v) is 3.77. The molecule has 3 aromatic rings. The molecule has 21 heavy (non-hydrogen) atoms. The maximum Gasteiger partial charge on any atom is 0.0951 e. The summed E-state index contributed by atoms with van der Waals surface area (Å²) in [5.41, 5.74) is 9.46. The van der Waals surface area contributed by atoms with E-state index in [9.17, 15) is 0 Å². The number of hydrogen-bond acceptors (Lipinski definition) is 6. The summed E-state index contributed by atoms with van der Waals surface area (Å²) in [5, 5.41) is 7.26. The summed E-state index contributed by atoms with van der Waals surface area (Å²) in [6.07, 6.45) is 1.60. The molecule has 0 saturated carbocycles. The first-order valence-electron chi connectivity index (χ1n) is 6.84. The highest BCUT2D eigenvalue weighted by Gasteiger charge is 2.17. The minimum atomic E-state index is -0.0743. The fraction of sp³-hybridized carbons (Fsp3) is 0.267. The molecule has 0 aliphatic rings. The Morgan fingerprint density at radius 3 is 2.81 bits per heavy atom. The monoisotopic (exact) mass is 316 g/mol. The average molecular weight is 316 g/mol. The van der Waals surface area contributed by atoms with E-state index in [1.807, 2.05) is 18.2 Å². The van der Waals surface area contributed by atoms with Gasteiger partial charge in [0, 0.05) is 23.4 Å². The van der Waals surface area contributed by atoms with Gasteiger partial charge in [-0.2, -0.15) is 0 Å². The van der Waals surface area contributed by atoms with Crippen molar-refractivity contribution in [1.29, 1.82) is 0 Å². The van der Waals surface area contributed by atoms with Crippen molar-refractivity contribution < 1.29 is 0 Å². The zero-order valence-corrected chi connectivity index (χ0v) is 13.3. The molecule has 0 amide bonds. The summed E-state index contributed by atoms with van der Waals surface area (Å²) in [5.74, 6) is 0. The molecule has 1 unspecified atom stereocenters. The van der Waals surface area contributed by atoms with E-state index in [2.05, 4.69) is 39.0 Å². The molecule has 0 bridgehead atoms. The van der Waals surface area contributed by atoms with Crippen LogP contribution in [0.2, 0.25) is 0 Å². The molecule has 2 aromatic heterocycles. The quantitative estimate of drug-likeness (QED) is 0.783. The molecule has 6 heteroatoms. The van der Waals surface area contributed by atoms with Crippen molar-refractivity contribution in [2.75, 3.05) is 0 Å². The summed E-state index contributed by atoms with van der Waals surface area (Å²) in [6, 6.07) is 10.1. The van der Waals surface area contributed by atoms with Gasteiger partial charge in [-0.3, -0.25) is 0 Å². The standard InChI is InChI=1S/C15H16N4S2/c1-2-12-15(21-19-18-12)11(16)8-14-17-13(9-20-14)10-6-4-3-5-7-10/h3-7,9,11H,2,8,16H2,1H3. The van der Waals surface area contributed by atoms with Gasteiger partial charge in [-0.05, 0) is 18.0 Å². The second-order valence-electron chi connectivity index (χ2n) is 4.74.